The van der Waals surface area contributed by atoms with Crippen molar-refractivity contribution in [2.24, 2.45) is 5.73 Å². The highest BCUT2D eigenvalue weighted by Gasteiger charge is 2.34. The Hall–Kier alpha value is -2.09. The summed E-state index contributed by atoms with van der Waals surface area (Å²) in [6.45, 7) is 1.48. The maximum absolute atomic E-state index is 13.0. The summed E-state index contributed by atoms with van der Waals surface area (Å²) in [4.78, 5) is 18.6. The Labute approximate surface area is 129 Å². The topological polar surface area (TPSA) is 68.9 Å². The molecule has 0 saturated heterocycles. The van der Waals surface area contributed by atoms with Crippen LogP contribution in [0, 0.1) is 0 Å². The van der Waals surface area contributed by atoms with Gasteiger partial charge in [0.15, 0.2) is 5.16 Å². The number of hydrogen-bond acceptors (Lipinski definition) is 4. The second-order valence-corrected chi connectivity index (χ2v) is 5.76. The molecule has 0 fully saturated rings. The van der Waals surface area contributed by atoms with Gasteiger partial charge in [0.1, 0.15) is 5.69 Å². The van der Waals surface area contributed by atoms with Crippen LogP contribution in [-0.4, -0.2) is 21.1 Å². The smallest absolute Gasteiger partial charge is 0.369 e. The van der Waals surface area contributed by atoms with E-state index in [0.717, 1.165) is 17.8 Å². The lowest BCUT2D eigenvalue weighted by molar-refractivity contribution is -0.141. The fraction of sp³-hybridized carbons (Fsp3) is 0.214. The van der Waals surface area contributed by atoms with Crippen LogP contribution < -0.4 is 5.73 Å². The average Bonchev–Trinajstić information content (AvgIpc) is 2.46. The summed E-state index contributed by atoms with van der Waals surface area (Å²) in [5.41, 5.74) is 4.74. The molecule has 0 bridgehead atoms. The highest BCUT2D eigenvalue weighted by atomic mass is 32.2. The summed E-state index contributed by atoms with van der Waals surface area (Å²) in [6.07, 6.45) is -4.60. The number of amides is 1. The third-order valence-corrected chi connectivity index (χ3v) is 3.73. The highest BCUT2D eigenvalue weighted by Crippen LogP contribution is 2.32. The standard InChI is InChI=1S/C14H12F3N3OS/c1-8(12(18)21)22-13-19-10(9-5-3-2-4-6-9)7-11(20-13)14(15,16)17/h2-8H,1H3,(H2,18,21)/t8-/m1/s1. The molecular formula is C14H12F3N3OS. The summed E-state index contributed by atoms with van der Waals surface area (Å²) in [7, 11) is 0. The van der Waals surface area contributed by atoms with Crippen molar-refractivity contribution in [3.63, 3.8) is 0 Å². The van der Waals surface area contributed by atoms with Crippen LogP contribution in [-0.2, 0) is 11.0 Å². The first-order valence-electron chi connectivity index (χ1n) is 6.25. The fourth-order valence-electron chi connectivity index (χ4n) is 1.60. The number of thioether (sulfide) groups is 1. The Kier molecular flexibility index (Phi) is 4.70. The van der Waals surface area contributed by atoms with Crippen molar-refractivity contribution in [3.05, 3.63) is 42.1 Å². The zero-order valence-corrected chi connectivity index (χ0v) is 12.3. The number of carbonyl (C=O) groups excluding carboxylic acids is 1. The van der Waals surface area contributed by atoms with Gasteiger partial charge in [-0.25, -0.2) is 9.97 Å². The van der Waals surface area contributed by atoms with E-state index < -0.39 is 23.0 Å². The zero-order chi connectivity index (χ0) is 16.3. The molecule has 4 nitrogen and oxygen atoms in total. The van der Waals surface area contributed by atoms with Crippen molar-refractivity contribution in [3.8, 4) is 11.3 Å². The largest absolute Gasteiger partial charge is 0.433 e. The predicted octanol–water partition coefficient (Wildman–Crippen LogP) is 3.13. The third kappa shape index (κ3) is 3.97. The van der Waals surface area contributed by atoms with E-state index in [-0.39, 0.29) is 10.9 Å². The van der Waals surface area contributed by atoms with E-state index in [0.29, 0.717) is 5.56 Å². The number of benzene rings is 1. The van der Waals surface area contributed by atoms with Crippen LogP contribution in [0.2, 0.25) is 0 Å². The van der Waals surface area contributed by atoms with Crippen LogP contribution in [0.15, 0.2) is 41.6 Å². The van der Waals surface area contributed by atoms with Gasteiger partial charge in [0.25, 0.3) is 0 Å². The number of rotatable bonds is 4. The lowest BCUT2D eigenvalue weighted by Crippen LogP contribution is -2.23. The number of nitrogens with two attached hydrogens (primary N) is 1. The lowest BCUT2D eigenvalue weighted by atomic mass is 10.1. The van der Waals surface area contributed by atoms with E-state index in [1.165, 1.54) is 6.92 Å². The highest BCUT2D eigenvalue weighted by molar-refractivity contribution is 8.00. The van der Waals surface area contributed by atoms with Crippen LogP contribution in [0.25, 0.3) is 11.3 Å². The predicted molar refractivity (Wildman–Crippen MR) is 77.0 cm³/mol. The number of nitrogens with zero attached hydrogens (tertiary/aromatic N) is 2. The molecule has 1 atom stereocenters. The molecule has 2 N–H and O–H groups in total. The molecule has 1 heterocycles. The zero-order valence-electron chi connectivity index (χ0n) is 11.5. The first-order valence-corrected chi connectivity index (χ1v) is 7.13. The first-order chi connectivity index (χ1) is 10.3. The van der Waals surface area contributed by atoms with Crippen LogP contribution in [0.4, 0.5) is 13.2 Å². The minimum atomic E-state index is -4.60. The normalized spacial score (nSPS) is 12.9. The number of primary amides is 1. The molecule has 2 aromatic rings. The molecule has 0 aliphatic rings. The van der Waals surface area contributed by atoms with Crippen molar-refractivity contribution in [1.82, 2.24) is 9.97 Å². The van der Waals surface area contributed by atoms with E-state index in [4.69, 9.17) is 5.73 Å². The van der Waals surface area contributed by atoms with E-state index in [1.807, 2.05) is 0 Å². The van der Waals surface area contributed by atoms with Crippen molar-refractivity contribution in [2.45, 2.75) is 23.5 Å². The third-order valence-electron chi connectivity index (χ3n) is 2.75. The van der Waals surface area contributed by atoms with Gasteiger partial charge in [-0.2, -0.15) is 13.2 Å². The van der Waals surface area contributed by atoms with Crippen LogP contribution >= 0.6 is 11.8 Å². The lowest BCUT2D eigenvalue weighted by Gasteiger charge is -2.12. The second kappa shape index (κ2) is 6.35. The monoisotopic (exact) mass is 327 g/mol. The van der Waals surface area contributed by atoms with Crippen molar-refractivity contribution in [1.29, 1.82) is 0 Å². The number of halogens is 3. The molecule has 22 heavy (non-hydrogen) atoms. The molecule has 0 saturated carbocycles. The molecule has 8 heteroatoms. The van der Waals surface area contributed by atoms with Gasteiger partial charge in [0.05, 0.1) is 10.9 Å². The van der Waals surface area contributed by atoms with Gasteiger partial charge in [0.2, 0.25) is 5.91 Å². The molecule has 1 amide bonds. The molecule has 0 aliphatic carbocycles. The summed E-state index contributed by atoms with van der Waals surface area (Å²) < 4.78 is 38.9. The van der Waals surface area contributed by atoms with E-state index >= 15 is 0 Å². The molecule has 0 unspecified atom stereocenters. The second-order valence-electron chi connectivity index (χ2n) is 4.45. The van der Waals surface area contributed by atoms with Gasteiger partial charge in [-0.15, -0.1) is 0 Å². The molecule has 116 valence electrons. The van der Waals surface area contributed by atoms with Gasteiger partial charge in [-0.1, -0.05) is 42.1 Å². The number of alkyl halides is 3. The summed E-state index contributed by atoms with van der Waals surface area (Å²) in [5, 5.41) is -0.868. The SMILES string of the molecule is C[C@@H](Sc1nc(-c2ccccc2)cc(C(F)(F)F)n1)C(N)=O. The van der Waals surface area contributed by atoms with Crippen LogP contribution in [0.1, 0.15) is 12.6 Å². The Morgan fingerprint density at radius 1 is 1.23 bits per heavy atom. The van der Waals surface area contributed by atoms with Gasteiger partial charge in [-0.3, -0.25) is 4.79 Å². The fourth-order valence-corrected chi connectivity index (χ4v) is 2.33. The Morgan fingerprint density at radius 3 is 2.41 bits per heavy atom. The Morgan fingerprint density at radius 2 is 1.86 bits per heavy atom. The number of carbonyl (C=O) groups is 1. The molecule has 0 spiro atoms. The number of hydrogen-bond donors (Lipinski definition) is 1. The van der Waals surface area contributed by atoms with E-state index in [1.54, 1.807) is 30.3 Å². The molecular weight excluding hydrogens is 315 g/mol. The molecule has 1 aromatic carbocycles. The Bertz CT molecular complexity index is 677. The van der Waals surface area contributed by atoms with Gasteiger partial charge in [0, 0.05) is 5.56 Å². The van der Waals surface area contributed by atoms with E-state index in [9.17, 15) is 18.0 Å². The van der Waals surface area contributed by atoms with Crippen LogP contribution in [0.3, 0.4) is 0 Å². The van der Waals surface area contributed by atoms with Crippen LogP contribution in [0.5, 0.6) is 0 Å². The maximum atomic E-state index is 13.0. The summed E-state index contributed by atoms with van der Waals surface area (Å²) >= 11 is 0.794. The summed E-state index contributed by atoms with van der Waals surface area (Å²) in [6, 6.07) is 9.32. The van der Waals surface area contributed by atoms with E-state index in [2.05, 4.69) is 9.97 Å². The first kappa shape index (κ1) is 16.3. The molecule has 0 radical (unpaired) electrons. The maximum Gasteiger partial charge on any atom is 0.433 e. The molecule has 2 rings (SSSR count). The average molecular weight is 327 g/mol. The quantitative estimate of drug-likeness (QED) is 0.692. The van der Waals surface area contributed by atoms with Gasteiger partial charge < -0.3 is 5.73 Å². The van der Waals surface area contributed by atoms with Crippen molar-refractivity contribution >= 4 is 17.7 Å². The Balaban J connectivity index is 2.48. The summed E-state index contributed by atoms with van der Waals surface area (Å²) in [5.74, 6) is -0.646. The van der Waals surface area contributed by atoms with Gasteiger partial charge in [-0.05, 0) is 13.0 Å². The van der Waals surface area contributed by atoms with Gasteiger partial charge >= 0.3 is 6.18 Å². The minimum Gasteiger partial charge on any atom is -0.369 e. The van der Waals surface area contributed by atoms with Crippen molar-refractivity contribution < 1.29 is 18.0 Å². The number of aromatic nitrogens is 2. The molecule has 0 aliphatic heterocycles. The van der Waals surface area contributed by atoms with Crippen molar-refractivity contribution in [2.75, 3.05) is 0 Å². The molecule has 1 aromatic heterocycles. The minimum absolute atomic E-state index is 0.139.